The molecule has 7 nitrogen and oxygen atoms in total. The molecule has 1 aliphatic rings. The van der Waals surface area contributed by atoms with Crippen LogP contribution in [-0.4, -0.2) is 98.6 Å². The van der Waals surface area contributed by atoms with E-state index in [0.717, 1.165) is 64.7 Å². The molecule has 0 aromatic rings. The smallest absolute Gasteiger partial charge is 0.191 e. The SMILES string of the molecule is CCNC(=NCC(C)(O)CN1CCOCC1)NCCCCN(C)C(C)C.I. The van der Waals surface area contributed by atoms with Gasteiger partial charge in [-0.3, -0.25) is 9.89 Å². The lowest BCUT2D eigenvalue weighted by atomic mass is 10.1. The molecule has 8 heteroatoms. The van der Waals surface area contributed by atoms with Crippen molar-refractivity contribution in [2.75, 3.05) is 66.1 Å². The van der Waals surface area contributed by atoms with Crippen molar-refractivity contribution in [2.24, 2.45) is 4.99 Å². The molecule has 0 saturated carbocycles. The van der Waals surface area contributed by atoms with Gasteiger partial charge >= 0.3 is 0 Å². The van der Waals surface area contributed by atoms with Crippen LogP contribution < -0.4 is 10.6 Å². The van der Waals surface area contributed by atoms with E-state index in [4.69, 9.17) is 4.74 Å². The van der Waals surface area contributed by atoms with Crippen LogP contribution in [-0.2, 0) is 4.74 Å². The van der Waals surface area contributed by atoms with Gasteiger partial charge in [0, 0.05) is 38.8 Å². The van der Waals surface area contributed by atoms with Crippen LogP contribution >= 0.6 is 24.0 Å². The molecular formula is C19H42IN5O2. The number of rotatable bonds is 11. The zero-order valence-electron chi connectivity index (χ0n) is 18.0. The summed E-state index contributed by atoms with van der Waals surface area (Å²) in [6.07, 6.45) is 2.27. The lowest BCUT2D eigenvalue weighted by Gasteiger charge is -2.33. The number of halogens is 1. The average molecular weight is 499 g/mol. The molecule has 1 fully saturated rings. The summed E-state index contributed by atoms with van der Waals surface area (Å²) in [7, 11) is 2.17. The topological polar surface area (TPSA) is 72.4 Å². The minimum absolute atomic E-state index is 0. The molecule has 3 N–H and O–H groups in total. The Morgan fingerprint density at radius 2 is 1.93 bits per heavy atom. The van der Waals surface area contributed by atoms with E-state index >= 15 is 0 Å². The first-order valence-corrected chi connectivity index (χ1v) is 10.1. The third kappa shape index (κ3) is 12.8. The summed E-state index contributed by atoms with van der Waals surface area (Å²) >= 11 is 0. The quantitative estimate of drug-likeness (QED) is 0.173. The third-order valence-electron chi connectivity index (χ3n) is 4.70. The second-order valence-corrected chi connectivity index (χ2v) is 7.79. The van der Waals surface area contributed by atoms with Gasteiger partial charge in [0.05, 0.1) is 25.4 Å². The lowest BCUT2D eigenvalue weighted by molar-refractivity contribution is -0.0179. The Hall–Kier alpha value is -0.160. The van der Waals surface area contributed by atoms with Crippen molar-refractivity contribution in [2.45, 2.75) is 52.2 Å². The number of aliphatic imine (C=N–C) groups is 1. The molecule has 1 rings (SSSR count). The lowest BCUT2D eigenvalue weighted by Crippen LogP contribution is -2.48. The zero-order valence-corrected chi connectivity index (χ0v) is 20.3. The summed E-state index contributed by atoms with van der Waals surface area (Å²) in [5, 5.41) is 17.3. The maximum absolute atomic E-state index is 10.7. The molecule has 0 amide bonds. The molecule has 1 aliphatic heterocycles. The molecular weight excluding hydrogens is 457 g/mol. The number of β-amino-alcohol motifs (C(OH)–C–C–N with tert-alkyl or cyclic N) is 1. The second-order valence-electron chi connectivity index (χ2n) is 7.79. The number of hydrogen-bond donors (Lipinski definition) is 3. The van der Waals surface area contributed by atoms with E-state index in [9.17, 15) is 5.11 Å². The van der Waals surface area contributed by atoms with Gasteiger partial charge in [-0.15, -0.1) is 24.0 Å². The van der Waals surface area contributed by atoms with Crippen molar-refractivity contribution in [3.63, 3.8) is 0 Å². The fourth-order valence-electron chi connectivity index (χ4n) is 2.83. The van der Waals surface area contributed by atoms with E-state index in [1.807, 2.05) is 6.92 Å². The highest BCUT2D eigenvalue weighted by atomic mass is 127. The highest BCUT2D eigenvalue weighted by Crippen LogP contribution is 2.09. The van der Waals surface area contributed by atoms with Crippen LogP contribution in [0.5, 0.6) is 0 Å². The summed E-state index contributed by atoms with van der Waals surface area (Å²) in [4.78, 5) is 9.19. The van der Waals surface area contributed by atoms with Crippen LogP contribution in [0.2, 0.25) is 0 Å². The maximum atomic E-state index is 10.7. The van der Waals surface area contributed by atoms with Gasteiger partial charge in [0.15, 0.2) is 5.96 Å². The van der Waals surface area contributed by atoms with E-state index < -0.39 is 5.60 Å². The van der Waals surface area contributed by atoms with Crippen molar-refractivity contribution in [3.8, 4) is 0 Å². The Labute approximate surface area is 183 Å². The van der Waals surface area contributed by atoms with E-state index in [2.05, 4.69) is 53.2 Å². The molecule has 1 heterocycles. The van der Waals surface area contributed by atoms with Crippen LogP contribution in [0, 0.1) is 0 Å². The van der Waals surface area contributed by atoms with Crippen molar-refractivity contribution >= 4 is 29.9 Å². The number of hydrogen-bond acceptors (Lipinski definition) is 5. The number of unbranched alkanes of at least 4 members (excludes halogenated alkanes) is 1. The molecule has 0 spiro atoms. The predicted octanol–water partition coefficient (Wildman–Crippen LogP) is 1.36. The van der Waals surface area contributed by atoms with Gasteiger partial charge in [0.1, 0.15) is 0 Å². The van der Waals surface area contributed by atoms with Gasteiger partial charge in [-0.25, -0.2) is 0 Å². The maximum Gasteiger partial charge on any atom is 0.191 e. The van der Waals surface area contributed by atoms with Crippen molar-refractivity contribution in [3.05, 3.63) is 0 Å². The van der Waals surface area contributed by atoms with Gasteiger partial charge in [-0.1, -0.05) is 0 Å². The Kier molecular flexibility index (Phi) is 14.7. The monoisotopic (exact) mass is 499 g/mol. The van der Waals surface area contributed by atoms with Crippen molar-refractivity contribution in [1.29, 1.82) is 0 Å². The van der Waals surface area contributed by atoms with Crippen LogP contribution in [0.3, 0.4) is 0 Å². The standard InChI is InChI=1S/C19H41N5O2.HI/c1-6-20-18(21-9-7-8-10-23(5)17(2)3)22-15-19(4,25)16-24-11-13-26-14-12-24;/h17,25H,6-16H2,1-5H3,(H2,20,21,22);1H. The van der Waals surface area contributed by atoms with Crippen LogP contribution in [0.15, 0.2) is 4.99 Å². The first-order chi connectivity index (χ1) is 12.3. The number of aliphatic hydroxyl groups is 1. The fraction of sp³-hybridized carbons (Fsp3) is 0.947. The third-order valence-corrected chi connectivity index (χ3v) is 4.70. The Morgan fingerprint density at radius 1 is 1.26 bits per heavy atom. The Morgan fingerprint density at radius 3 is 2.52 bits per heavy atom. The summed E-state index contributed by atoms with van der Waals surface area (Å²) in [6.45, 7) is 15.4. The second kappa shape index (κ2) is 14.8. The Bertz CT molecular complexity index is 402. The van der Waals surface area contributed by atoms with Crippen LogP contribution in [0.1, 0.15) is 40.5 Å². The number of nitrogens with one attached hydrogen (secondary N) is 2. The molecule has 0 radical (unpaired) electrons. The minimum Gasteiger partial charge on any atom is -0.387 e. The molecule has 1 saturated heterocycles. The van der Waals surface area contributed by atoms with Gasteiger partial charge < -0.3 is 25.4 Å². The molecule has 162 valence electrons. The average Bonchev–Trinajstić information content (AvgIpc) is 2.59. The minimum atomic E-state index is -0.834. The normalized spacial score (nSPS) is 18.3. The number of nitrogens with zero attached hydrogens (tertiary/aromatic N) is 3. The van der Waals surface area contributed by atoms with Gasteiger partial charge in [-0.2, -0.15) is 0 Å². The van der Waals surface area contributed by atoms with E-state index in [-0.39, 0.29) is 24.0 Å². The van der Waals surface area contributed by atoms with Crippen LogP contribution in [0.25, 0.3) is 0 Å². The van der Waals surface area contributed by atoms with Crippen molar-refractivity contribution < 1.29 is 9.84 Å². The molecule has 0 aromatic carbocycles. The first kappa shape index (κ1) is 26.8. The summed E-state index contributed by atoms with van der Waals surface area (Å²) in [5.74, 6) is 0.784. The molecule has 0 bridgehead atoms. The number of morpholine rings is 1. The fourth-order valence-corrected chi connectivity index (χ4v) is 2.83. The molecule has 27 heavy (non-hydrogen) atoms. The van der Waals surface area contributed by atoms with E-state index in [1.54, 1.807) is 0 Å². The summed E-state index contributed by atoms with van der Waals surface area (Å²) < 4.78 is 5.36. The van der Waals surface area contributed by atoms with Crippen LogP contribution in [0.4, 0.5) is 0 Å². The number of ether oxygens (including phenoxy) is 1. The molecule has 1 unspecified atom stereocenters. The molecule has 1 atom stereocenters. The van der Waals surface area contributed by atoms with E-state index in [0.29, 0.717) is 19.1 Å². The largest absolute Gasteiger partial charge is 0.387 e. The summed E-state index contributed by atoms with van der Waals surface area (Å²) in [6, 6.07) is 0.593. The highest BCUT2D eigenvalue weighted by molar-refractivity contribution is 14.0. The predicted molar refractivity (Wildman–Crippen MR) is 124 cm³/mol. The zero-order chi connectivity index (χ0) is 19.4. The van der Waals surface area contributed by atoms with Gasteiger partial charge in [0.25, 0.3) is 0 Å². The Balaban J connectivity index is 0.00000676. The summed E-state index contributed by atoms with van der Waals surface area (Å²) in [5.41, 5.74) is -0.834. The van der Waals surface area contributed by atoms with Gasteiger partial charge in [0.2, 0.25) is 0 Å². The van der Waals surface area contributed by atoms with E-state index in [1.165, 1.54) is 0 Å². The number of guanidine groups is 1. The van der Waals surface area contributed by atoms with Crippen molar-refractivity contribution in [1.82, 2.24) is 20.4 Å². The highest BCUT2D eigenvalue weighted by Gasteiger charge is 2.25. The first-order valence-electron chi connectivity index (χ1n) is 10.1. The van der Waals surface area contributed by atoms with Gasteiger partial charge in [-0.05, 0) is 54.1 Å². The molecule has 0 aromatic heterocycles. The molecule has 0 aliphatic carbocycles.